The van der Waals surface area contributed by atoms with Crippen molar-refractivity contribution in [2.24, 2.45) is 0 Å². The Labute approximate surface area is 170 Å². The van der Waals surface area contributed by atoms with Crippen LogP contribution in [0.5, 0.6) is 11.5 Å². The summed E-state index contributed by atoms with van der Waals surface area (Å²) in [6.07, 6.45) is 0. The standard InChI is InChI=1S/C17H15N5O5S2/c1-26-11-8-12(27-2)14-13(9-11)29(24,25)22(15(14)23)16(10-6-4-3-5-7-10)28-17-18-20-21-19-17/h3-9,16H,1-2H3,(H,18,19,20,21). The van der Waals surface area contributed by atoms with Crippen molar-refractivity contribution in [3.8, 4) is 11.5 Å². The van der Waals surface area contributed by atoms with Crippen LogP contribution in [0.15, 0.2) is 52.5 Å². The third-order valence-corrected chi connectivity index (χ3v) is 7.28. The molecule has 29 heavy (non-hydrogen) atoms. The van der Waals surface area contributed by atoms with Crippen LogP contribution in [0.3, 0.4) is 0 Å². The average molecular weight is 433 g/mol. The van der Waals surface area contributed by atoms with Gasteiger partial charge in [0.1, 0.15) is 27.3 Å². The first-order valence-electron chi connectivity index (χ1n) is 8.27. The highest BCUT2D eigenvalue weighted by atomic mass is 32.2. The molecule has 1 aromatic heterocycles. The Morgan fingerprint density at radius 1 is 1.14 bits per heavy atom. The van der Waals surface area contributed by atoms with Crippen molar-refractivity contribution in [1.82, 2.24) is 24.9 Å². The molecule has 0 bridgehead atoms. The minimum atomic E-state index is -4.19. The zero-order valence-electron chi connectivity index (χ0n) is 15.3. The highest BCUT2D eigenvalue weighted by molar-refractivity contribution is 8.00. The Morgan fingerprint density at radius 2 is 1.90 bits per heavy atom. The van der Waals surface area contributed by atoms with Crippen LogP contribution in [0.4, 0.5) is 0 Å². The lowest BCUT2D eigenvalue weighted by atomic mass is 10.1. The van der Waals surface area contributed by atoms with Gasteiger partial charge in [0.25, 0.3) is 15.9 Å². The molecule has 150 valence electrons. The number of methoxy groups -OCH3 is 2. The second-order valence-corrected chi connectivity index (χ2v) is 8.71. The van der Waals surface area contributed by atoms with Crippen LogP contribution in [0, 0.1) is 0 Å². The zero-order chi connectivity index (χ0) is 20.6. The van der Waals surface area contributed by atoms with Gasteiger partial charge in [0.05, 0.1) is 14.2 Å². The molecule has 1 N–H and O–H groups in total. The maximum atomic E-state index is 13.4. The number of carbonyl (C=O) groups is 1. The number of fused-ring (bicyclic) bond motifs is 1. The normalized spacial score (nSPS) is 15.8. The van der Waals surface area contributed by atoms with Crippen LogP contribution in [0.1, 0.15) is 21.3 Å². The van der Waals surface area contributed by atoms with E-state index in [2.05, 4.69) is 20.6 Å². The molecule has 1 aliphatic rings. The lowest BCUT2D eigenvalue weighted by Gasteiger charge is -2.25. The summed E-state index contributed by atoms with van der Waals surface area (Å²) in [5.41, 5.74) is 0.543. The fourth-order valence-corrected chi connectivity index (χ4v) is 5.93. The van der Waals surface area contributed by atoms with Gasteiger partial charge in [0.2, 0.25) is 5.16 Å². The number of aromatic amines is 1. The van der Waals surface area contributed by atoms with Crippen LogP contribution < -0.4 is 9.47 Å². The molecule has 12 heteroatoms. The van der Waals surface area contributed by atoms with Crippen molar-refractivity contribution in [1.29, 1.82) is 0 Å². The number of ether oxygens (including phenoxy) is 2. The van der Waals surface area contributed by atoms with Gasteiger partial charge in [-0.2, -0.15) is 5.21 Å². The third-order valence-electron chi connectivity index (χ3n) is 4.29. The second kappa shape index (κ2) is 7.37. The minimum Gasteiger partial charge on any atom is -0.497 e. The van der Waals surface area contributed by atoms with Gasteiger partial charge in [-0.25, -0.2) is 12.7 Å². The molecule has 2 heterocycles. The van der Waals surface area contributed by atoms with Gasteiger partial charge in [0.15, 0.2) is 0 Å². The summed E-state index contributed by atoms with van der Waals surface area (Å²) in [5, 5.41) is 12.8. The SMILES string of the molecule is COc1cc(OC)c2c(c1)S(=O)(=O)N(C(Sc1nn[nH]n1)c1ccccc1)C2=O. The number of thioether (sulfide) groups is 1. The van der Waals surface area contributed by atoms with E-state index < -0.39 is 21.3 Å². The van der Waals surface area contributed by atoms with Crippen LogP contribution in [-0.4, -0.2) is 53.5 Å². The molecule has 0 spiro atoms. The van der Waals surface area contributed by atoms with Crippen molar-refractivity contribution < 1.29 is 22.7 Å². The van der Waals surface area contributed by atoms with Gasteiger partial charge in [-0.15, -0.1) is 10.2 Å². The van der Waals surface area contributed by atoms with Gasteiger partial charge in [-0.05, 0) is 10.8 Å². The van der Waals surface area contributed by atoms with Gasteiger partial charge in [-0.3, -0.25) is 4.79 Å². The highest BCUT2D eigenvalue weighted by Gasteiger charge is 2.48. The van der Waals surface area contributed by atoms with E-state index in [-0.39, 0.29) is 27.1 Å². The van der Waals surface area contributed by atoms with Gasteiger partial charge < -0.3 is 9.47 Å². The van der Waals surface area contributed by atoms with E-state index in [4.69, 9.17) is 9.47 Å². The van der Waals surface area contributed by atoms with E-state index in [1.807, 2.05) is 0 Å². The number of hydrogen-bond acceptors (Lipinski definition) is 9. The van der Waals surface area contributed by atoms with Crippen LogP contribution in [-0.2, 0) is 10.0 Å². The molecule has 0 radical (unpaired) electrons. The number of H-pyrrole nitrogens is 1. The fraction of sp³-hybridized carbons (Fsp3) is 0.176. The molecular weight excluding hydrogens is 418 g/mol. The lowest BCUT2D eigenvalue weighted by molar-refractivity contribution is 0.0859. The molecule has 0 saturated heterocycles. The zero-order valence-corrected chi connectivity index (χ0v) is 16.9. The van der Waals surface area contributed by atoms with E-state index >= 15 is 0 Å². The molecule has 2 aromatic carbocycles. The Kier molecular flexibility index (Phi) is 4.88. The van der Waals surface area contributed by atoms with Crippen molar-refractivity contribution >= 4 is 27.7 Å². The number of hydrogen-bond donors (Lipinski definition) is 1. The molecule has 1 unspecified atom stereocenters. The summed E-state index contributed by atoms with van der Waals surface area (Å²) in [7, 11) is -1.43. The first-order valence-corrected chi connectivity index (χ1v) is 10.6. The summed E-state index contributed by atoms with van der Waals surface area (Å²) in [6, 6.07) is 11.5. The van der Waals surface area contributed by atoms with E-state index in [0.29, 0.717) is 5.56 Å². The van der Waals surface area contributed by atoms with Crippen LogP contribution >= 0.6 is 11.8 Å². The summed E-state index contributed by atoms with van der Waals surface area (Å²) < 4.78 is 38.0. The van der Waals surface area contributed by atoms with Crippen molar-refractivity contribution in [2.45, 2.75) is 15.4 Å². The molecule has 0 saturated carbocycles. The summed E-state index contributed by atoms with van der Waals surface area (Å²) in [4.78, 5) is 13.1. The van der Waals surface area contributed by atoms with Gasteiger partial charge in [0, 0.05) is 12.1 Å². The largest absolute Gasteiger partial charge is 0.497 e. The average Bonchev–Trinajstić information content (AvgIpc) is 3.31. The van der Waals surface area contributed by atoms with Gasteiger partial charge >= 0.3 is 0 Å². The Hall–Kier alpha value is -3.12. The smallest absolute Gasteiger partial charge is 0.274 e. The predicted octanol–water partition coefficient (Wildman–Crippen LogP) is 1.85. The lowest BCUT2D eigenvalue weighted by Crippen LogP contribution is -2.33. The molecule has 3 aromatic rings. The fourth-order valence-electron chi connectivity index (χ4n) is 2.99. The number of nitrogens with zero attached hydrogens (tertiary/aromatic N) is 4. The number of carbonyl (C=O) groups excluding carboxylic acids is 1. The van der Waals surface area contributed by atoms with E-state index in [1.165, 1.54) is 26.4 Å². The van der Waals surface area contributed by atoms with E-state index in [1.54, 1.807) is 30.3 Å². The van der Waals surface area contributed by atoms with Crippen molar-refractivity contribution in [3.63, 3.8) is 0 Å². The predicted molar refractivity (Wildman–Crippen MR) is 102 cm³/mol. The number of amides is 1. The van der Waals surface area contributed by atoms with E-state index in [0.717, 1.165) is 16.1 Å². The molecule has 4 rings (SSSR count). The molecule has 10 nitrogen and oxygen atoms in total. The van der Waals surface area contributed by atoms with Crippen LogP contribution in [0.25, 0.3) is 0 Å². The first-order chi connectivity index (χ1) is 14.0. The van der Waals surface area contributed by atoms with Gasteiger partial charge in [-0.1, -0.05) is 42.1 Å². The van der Waals surface area contributed by atoms with Crippen molar-refractivity contribution in [2.75, 3.05) is 14.2 Å². The molecule has 1 aliphatic heterocycles. The van der Waals surface area contributed by atoms with E-state index in [9.17, 15) is 13.2 Å². The minimum absolute atomic E-state index is 0.0389. The summed E-state index contributed by atoms with van der Waals surface area (Å²) in [6.45, 7) is 0. The molecule has 0 fully saturated rings. The number of aromatic nitrogens is 4. The maximum Gasteiger partial charge on any atom is 0.274 e. The quantitative estimate of drug-likeness (QED) is 0.579. The summed E-state index contributed by atoms with van der Waals surface area (Å²) >= 11 is 0.984. The topological polar surface area (TPSA) is 127 Å². The maximum absolute atomic E-state index is 13.4. The number of benzene rings is 2. The third kappa shape index (κ3) is 3.19. The Balaban J connectivity index is 1.88. The number of sulfonamides is 1. The molecule has 1 atom stereocenters. The Morgan fingerprint density at radius 3 is 2.52 bits per heavy atom. The highest BCUT2D eigenvalue weighted by Crippen LogP contribution is 2.47. The second-order valence-electron chi connectivity index (χ2n) is 5.88. The van der Waals surface area contributed by atoms with Crippen LogP contribution in [0.2, 0.25) is 0 Å². The first kappa shape index (κ1) is 19.2. The number of nitrogens with one attached hydrogen (secondary N) is 1. The number of tetrazole rings is 1. The van der Waals surface area contributed by atoms with Crippen molar-refractivity contribution in [3.05, 3.63) is 53.6 Å². The monoisotopic (exact) mass is 433 g/mol. The Bertz CT molecular complexity index is 1150. The number of rotatable bonds is 6. The summed E-state index contributed by atoms with van der Waals surface area (Å²) in [5.74, 6) is -0.322. The molecular formula is C17H15N5O5S2. The molecule has 1 amide bonds. The molecule has 0 aliphatic carbocycles.